The van der Waals surface area contributed by atoms with E-state index in [1.165, 1.54) is 0 Å². The van der Waals surface area contributed by atoms with Gasteiger partial charge in [-0.1, -0.05) is 25.5 Å². The van der Waals surface area contributed by atoms with Gasteiger partial charge in [0, 0.05) is 44.1 Å². The van der Waals surface area contributed by atoms with Crippen LogP contribution in [0, 0.1) is 5.92 Å². The number of urea groups is 1. The third kappa shape index (κ3) is 10.4. The van der Waals surface area contributed by atoms with E-state index in [-0.39, 0.29) is 60.8 Å². The molecule has 0 saturated carbocycles. The molecule has 3 atom stereocenters. The number of aliphatic hydroxyl groups is 1. The standard InChI is InChI=1S/C33H48N6O6/c1-21(2)35-33(44)38(5)19-29-22(3)18-39(23(4)20-40)32(43)25-17-24(15-16-28(25)45-29)36-30(41)13-7-6-8-14-31(42)37-27-12-10-9-11-26(27)34/h9-12,15-17,21-23,29,40H,6-8,13-14,18-20,34H2,1-5H3,(H,35,44)(H,36,41)(H,37,42)/t22-,23+,29-/m0/s1. The second-order valence-electron chi connectivity index (χ2n) is 12.1. The molecule has 0 fully saturated rings. The maximum atomic E-state index is 13.7. The number of para-hydroxylation sites is 2. The zero-order valence-electron chi connectivity index (χ0n) is 27.0. The molecule has 12 heteroatoms. The summed E-state index contributed by atoms with van der Waals surface area (Å²) in [6.07, 6.45) is 2.07. The van der Waals surface area contributed by atoms with Crippen LogP contribution in [-0.2, 0) is 9.59 Å². The molecule has 1 aliphatic rings. The summed E-state index contributed by atoms with van der Waals surface area (Å²) in [5.74, 6) is -0.447. The average Bonchev–Trinajstić information content (AvgIpc) is 2.99. The van der Waals surface area contributed by atoms with Gasteiger partial charge in [0.05, 0.1) is 36.1 Å². The quantitative estimate of drug-likeness (QED) is 0.165. The van der Waals surface area contributed by atoms with Crippen LogP contribution in [0.3, 0.4) is 0 Å². The van der Waals surface area contributed by atoms with Gasteiger partial charge in [-0.05, 0) is 63.9 Å². The van der Waals surface area contributed by atoms with E-state index in [1.54, 1.807) is 66.2 Å². The van der Waals surface area contributed by atoms with E-state index in [0.717, 1.165) is 0 Å². The van der Waals surface area contributed by atoms with Crippen molar-refractivity contribution in [3.8, 4) is 5.75 Å². The fourth-order valence-electron chi connectivity index (χ4n) is 5.02. The van der Waals surface area contributed by atoms with Crippen molar-refractivity contribution in [2.24, 2.45) is 5.92 Å². The number of hydrogen-bond donors (Lipinski definition) is 5. The van der Waals surface area contributed by atoms with E-state index < -0.39 is 12.1 Å². The Morgan fingerprint density at radius 2 is 1.71 bits per heavy atom. The molecule has 0 bridgehead atoms. The van der Waals surface area contributed by atoms with Crippen molar-refractivity contribution >= 4 is 40.8 Å². The summed E-state index contributed by atoms with van der Waals surface area (Å²) in [6, 6.07) is 11.3. The number of ether oxygens (including phenoxy) is 1. The molecule has 0 aromatic heterocycles. The molecule has 2 aromatic carbocycles. The van der Waals surface area contributed by atoms with E-state index in [4.69, 9.17) is 10.5 Å². The molecule has 0 saturated heterocycles. The Hall–Kier alpha value is -4.32. The summed E-state index contributed by atoms with van der Waals surface area (Å²) in [5, 5.41) is 18.4. The average molecular weight is 625 g/mol. The fourth-order valence-corrected chi connectivity index (χ4v) is 5.02. The van der Waals surface area contributed by atoms with E-state index in [9.17, 15) is 24.3 Å². The van der Waals surface area contributed by atoms with Gasteiger partial charge in [-0.3, -0.25) is 14.4 Å². The molecule has 0 aliphatic carbocycles. The van der Waals surface area contributed by atoms with Crippen molar-refractivity contribution in [1.29, 1.82) is 0 Å². The lowest BCUT2D eigenvalue weighted by Gasteiger charge is -2.38. The number of benzene rings is 2. The number of fused-ring (bicyclic) bond motifs is 1. The number of nitrogens with zero attached hydrogens (tertiary/aromatic N) is 2. The van der Waals surface area contributed by atoms with Gasteiger partial charge in [0.1, 0.15) is 11.9 Å². The van der Waals surface area contributed by atoms with Gasteiger partial charge in [0.25, 0.3) is 5.91 Å². The summed E-state index contributed by atoms with van der Waals surface area (Å²) in [4.78, 5) is 54.4. The first kappa shape index (κ1) is 35.2. The van der Waals surface area contributed by atoms with Crippen LogP contribution in [0.2, 0.25) is 0 Å². The Morgan fingerprint density at radius 1 is 1.04 bits per heavy atom. The summed E-state index contributed by atoms with van der Waals surface area (Å²) < 4.78 is 6.34. The lowest BCUT2D eigenvalue weighted by molar-refractivity contribution is -0.116. The zero-order valence-corrected chi connectivity index (χ0v) is 27.0. The number of rotatable bonds is 13. The highest BCUT2D eigenvalue weighted by Gasteiger charge is 2.34. The molecular weight excluding hydrogens is 576 g/mol. The minimum atomic E-state index is -0.445. The van der Waals surface area contributed by atoms with Gasteiger partial charge < -0.3 is 41.3 Å². The minimum Gasteiger partial charge on any atom is -0.487 e. The Balaban J connectivity index is 1.62. The van der Waals surface area contributed by atoms with Crippen LogP contribution in [0.1, 0.15) is 70.2 Å². The molecule has 45 heavy (non-hydrogen) atoms. The highest BCUT2D eigenvalue weighted by molar-refractivity contribution is 6.00. The second kappa shape index (κ2) is 16.7. The third-order valence-corrected chi connectivity index (χ3v) is 7.70. The van der Waals surface area contributed by atoms with Crippen LogP contribution < -0.4 is 26.4 Å². The van der Waals surface area contributed by atoms with Gasteiger partial charge >= 0.3 is 6.03 Å². The van der Waals surface area contributed by atoms with Crippen LogP contribution in [0.4, 0.5) is 21.9 Å². The normalized spacial score (nSPS) is 17.0. The number of nitrogen functional groups attached to an aromatic ring is 1. The Morgan fingerprint density at radius 3 is 2.36 bits per heavy atom. The summed E-state index contributed by atoms with van der Waals surface area (Å²) in [5.41, 5.74) is 7.68. The fraction of sp³-hybridized carbons (Fsp3) is 0.515. The van der Waals surface area contributed by atoms with Crippen molar-refractivity contribution in [2.45, 2.75) is 78.0 Å². The number of aliphatic hydroxyl groups excluding tert-OH is 1. The number of unbranched alkanes of at least 4 members (excludes halogenated alkanes) is 2. The van der Waals surface area contributed by atoms with Crippen molar-refractivity contribution in [3.63, 3.8) is 0 Å². The largest absolute Gasteiger partial charge is 0.487 e. The highest BCUT2D eigenvalue weighted by Crippen LogP contribution is 2.31. The van der Waals surface area contributed by atoms with Gasteiger partial charge in [-0.2, -0.15) is 0 Å². The lowest BCUT2D eigenvalue weighted by atomic mass is 9.99. The summed E-state index contributed by atoms with van der Waals surface area (Å²) in [7, 11) is 1.70. The number of amides is 5. The minimum absolute atomic E-state index is 0.0183. The summed E-state index contributed by atoms with van der Waals surface area (Å²) >= 11 is 0. The molecular formula is C33H48N6O6. The molecule has 6 N–H and O–H groups in total. The Bertz CT molecular complexity index is 1330. The number of carbonyl (C=O) groups is 4. The van der Waals surface area contributed by atoms with Gasteiger partial charge in [0.2, 0.25) is 11.8 Å². The molecule has 12 nitrogen and oxygen atoms in total. The van der Waals surface area contributed by atoms with Crippen molar-refractivity contribution in [2.75, 3.05) is 43.1 Å². The number of hydrogen-bond acceptors (Lipinski definition) is 7. The van der Waals surface area contributed by atoms with Crippen molar-refractivity contribution < 1.29 is 29.0 Å². The monoisotopic (exact) mass is 624 g/mol. The molecule has 0 spiro atoms. The van der Waals surface area contributed by atoms with Gasteiger partial charge in [-0.25, -0.2) is 4.79 Å². The van der Waals surface area contributed by atoms with Crippen LogP contribution in [0.25, 0.3) is 0 Å². The number of nitrogens with one attached hydrogen (secondary N) is 3. The van der Waals surface area contributed by atoms with E-state index in [2.05, 4.69) is 16.0 Å². The maximum absolute atomic E-state index is 13.7. The molecule has 246 valence electrons. The summed E-state index contributed by atoms with van der Waals surface area (Å²) in [6.45, 7) is 7.89. The highest BCUT2D eigenvalue weighted by atomic mass is 16.5. The molecule has 0 unspecified atom stereocenters. The predicted octanol–water partition coefficient (Wildman–Crippen LogP) is 4.07. The number of carbonyl (C=O) groups excluding carboxylic acids is 4. The maximum Gasteiger partial charge on any atom is 0.317 e. The molecule has 1 heterocycles. The Kier molecular flexibility index (Phi) is 13.0. The van der Waals surface area contributed by atoms with Gasteiger partial charge in [0.15, 0.2) is 0 Å². The van der Waals surface area contributed by atoms with Crippen LogP contribution in [0.5, 0.6) is 5.75 Å². The van der Waals surface area contributed by atoms with Crippen LogP contribution in [0.15, 0.2) is 42.5 Å². The van der Waals surface area contributed by atoms with Crippen LogP contribution in [-0.4, -0.2) is 83.6 Å². The molecule has 2 aromatic rings. The van der Waals surface area contributed by atoms with Gasteiger partial charge in [-0.15, -0.1) is 0 Å². The number of anilines is 3. The molecule has 1 aliphatic heterocycles. The first-order valence-electron chi connectivity index (χ1n) is 15.6. The lowest BCUT2D eigenvalue weighted by Crippen LogP contribution is -2.51. The number of nitrogens with two attached hydrogens (primary N) is 1. The SMILES string of the molecule is CC(C)NC(=O)N(C)C[C@@H]1Oc2ccc(NC(=O)CCCCCC(=O)Nc3ccccc3N)cc2C(=O)N([C@H](C)CO)C[C@@H]1C. The second-order valence-corrected chi connectivity index (χ2v) is 12.1. The third-order valence-electron chi connectivity index (χ3n) is 7.70. The first-order chi connectivity index (χ1) is 21.4. The van der Waals surface area contributed by atoms with E-state index in [0.29, 0.717) is 55.0 Å². The predicted molar refractivity (Wildman–Crippen MR) is 175 cm³/mol. The topological polar surface area (TPSA) is 166 Å². The molecule has 5 amide bonds. The van der Waals surface area contributed by atoms with Crippen LogP contribution >= 0.6 is 0 Å². The van der Waals surface area contributed by atoms with E-state index in [1.807, 2.05) is 20.8 Å². The smallest absolute Gasteiger partial charge is 0.317 e. The molecule has 3 rings (SSSR count). The van der Waals surface area contributed by atoms with Crippen molar-refractivity contribution in [1.82, 2.24) is 15.1 Å². The molecule has 0 radical (unpaired) electrons. The number of likely N-dealkylation sites (N-methyl/N-ethyl adjacent to an activating group) is 1. The Labute approximate surface area is 265 Å². The first-order valence-corrected chi connectivity index (χ1v) is 15.6. The zero-order chi connectivity index (χ0) is 33.1. The van der Waals surface area contributed by atoms with E-state index >= 15 is 0 Å². The van der Waals surface area contributed by atoms with Crippen molar-refractivity contribution in [3.05, 3.63) is 48.0 Å².